The Balaban J connectivity index is 2.11. The second kappa shape index (κ2) is 13.8. The number of amides is 2. The van der Waals surface area contributed by atoms with E-state index in [4.69, 9.17) is 27.5 Å². The number of terminal acetylenes is 1. The second-order valence-corrected chi connectivity index (χ2v) is 9.51. The minimum Gasteiger partial charge on any atom is -0.465 e. The first-order chi connectivity index (χ1) is 18.3. The first kappa shape index (κ1) is 29.0. The van der Waals surface area contributed by atoms with Crippen molar-refractivity contribution in [1.29, 1.82) is 0 Å². The predicted molar refractivity (Wildman–Crippen MR) is 142 cm³/mol. The highest BCUT2D eigenvalue weighted by Crippen LogP contribution is 2.36. The van der Waals surface area contributed by atoms with Gasteiger partial charge >= 0.3 is 11.9 Å². The zero-order valence-electron chi connectivity index (χ0n) is 20.6. The van der Waals surface area contributed by atoms with E-state index in [2.05, 4.69) is 5.92 Å². The molecule has 0 N–H and O–H groups in total. The van der Waals surface area contributed by atoms with Crippen LogP contribution in [0.3, 0.4) is 0 Å². The summed E-state index contributed by atoms with van der Waals surface area (Å²) in [7, 11) is 0. The quantitative estimate of drug-likeness (QED) is 0.177. The van der Waals surface area contributed by atoms with Crippen LogP contribution in [0.5, 0.6) is 0 Å². The van der Waals surface area contributed by atoms with Gasteiger partial charge in [0.1, 0.15) is 5.82 Å². The van der Waals surface area contributed by atoms with Crippen LogP contribution in [-0.4, -0.2) is 42.7 Å². The van der Waals surface area contributed by atoms with Crippen molar-refractivity contribution < 1.29 is 33.0 Å². The Labute approximate surface area is 229 Å². The van der Waals surface area contributed by atoms with Crippen molar-refractivity contribution in [2.24, 2.45) is 0 Å². The lowest BCUT2D eigenvalue weighted by atomic mass is 9.90. The molecule has 0 saturated heterocycles. The van der Waals surface area contributed by atoms with Gasteiger partial charge in [0, 0.05) is 21.6 Å². The van der Waals surface area contributed by atoms with Gasteiger partial charge in [-0.25, -0.2) is 14.1 Å². The first-order valence-corrected chi connectivity index (χ1v) is 13.2. The van der Waals surface area contributed by atoms with Crippen LogP contribution in [0.15, 0.2) is 58.5 Å². The predicted octanol–water partition coefficient (Wildman–Crippen LogP) is 5.35. The highest BCUT2D eigenvalue weighted by molar-refractivity contribution is 8.00. The van der Waals surface area contributed by atoms with Crippen LogP contribution in [0.2, 0.25) is 5.02 Å². The van der Waals surface area contributed by atoms with Gasteiger partial charge in [0.2, 0.25) is 0 Å². The average Bonchev–Trinajstić information content (AvgIpc) is 2.92. The Bertz CT molecular complexity index is 1300. The number of nitrogens with zero attached hydrogens (tertiary/aromatic N) is 1. The van der Waals surface area contributed by atoms with Crippen molar-refractivity contribution in [2.75, 3.05) is 23.9 Å². The Morgan fingerprint density at radius 3 is 2.39 bits per heavy atom. The zero-order valence-corrected chi connectivity index (χ0v) is 22.2. The van der Waals surface area contributed by atoms with E-state index in [-0.39, 0.29) is 64.1 Å². The molecule has 0 fully saturated rings. The van der Waals surface area contributed by atoms with Gasteiger partial charge in [0.15, 0.2) is 6.61 Å². The molecule has 1 aliphatic carbocycles. The van der Waals surface area contributed by atoms with Crippen molar-refractivity contribution in [1.82, 2.24) is 0 Å². The van der Waals surface area contributed by atoms with E-state index in [9.17, 15) is 19.2 Å². The Kier molecular flexibility index (Phi) is 10.5. The number of halogens is 2. The summed E-state index contributed by atoms with van der Waals surface area (Å²) in [6.45, 7) is 1.58. The molecule has 0 unspecified atom stereocenters. The third-order valence-corrected chi connectivity index (χ3v) is 7.03. The SMILES string of the molecule is C#CCOC(=O)C1=C(C(=O)N(C(=O)c2ccccc2)c2cc(SCC(=O)OCC)c(Cl)cc2F)CCCC1. The third kappa shape index (κ3) is 7.03. The average molecular weight is 558 g/mol. The molecule has 1 aliphatic rings. The maximum Gasteiger partial charge on any atom is 0.335 e. The van der Waals surface area contributed by atoms with Crippen LogP contribution in [0.25, 0.3) is 0 Å². The maximum absolute atomic E-state index is 15.4. The molecule has 0 aromatic heterocycles. The topological polar surface area (TPSA) is 90.0 Å². The van der Waals surface area contributed by atoms with E-state index in [1.807, 2.05) is 0 Å². The van der Waals surface area contributed by atoms with Gasteiger partial charge in [-0.05, 0) is 56.9 Å². The van der Waals surface area contributed by atoms with E-state index < -0.39 is 29.6 Å². The summed E-state index contributed by atoms with van der Waals surface area (Å²) in [5.41, 5.74) is -0.0795. The molecule has 10 heteroatoms. The van der Waals surface area contributed by atoms with Crippen LogP contribution >= 0.6 is 23.4 Å². The summed E-state index contributed by atoms with van der Waals surface area (Å²) in [5, 5.41) is -0.00413. The lowest BCUT2D eigenvalue weighted by molar-refractivity contribution is -0.140. The monoisotopic (exact) mass is 557 g/mol. The number of carbonyl (C=O) groups is 4. The number of thioether (sulfide) groups is 1. The molecule has 0 aliphatic heterocycles. The highest BCUT2D eigenvalue weighted by Gasteiger charge is 2.34. The van der Waals surface area contributed by atoms with Crippen LogP contribution < -0.4 is 4.90 Å². The molecule has 198 valence electrons. The number of benzene rings is 2. The summed E-state index contributed by atoms with van der Waals surface area (Å²) >= 11 is 7.19. The van der Waals surface area contributed by atoms with Crippen LogP contribution in [0, 0.1) is 18.2 Å². The first-order valence-electron chi connectivity index (χ1n) is 11.8. The van der Waals surface area contributed by atoms with Crippen molar-refractivity contribution in [3.63, 3.8) is 0 Å². The number of ether oxygens (including phenoxy) is 2. The van der Waals surface area contributed by atoms with Gasteiger partial charge < -0.3 is 9.47 Å². The van der Waals surface area contributed by atoms with Gasteiger partial charge in [-0.2, -0.15) is 0 Å². The number of hydrogen-bond donors (Lipinski definition) is 0. The molecule has 7 nitrogen and oxygen atoms in total. The van der Waals surface area contributed by atoms with Gasteiger partial charge in [-0.1, -0.05) is 35.7 Å². The lowest BCUT2D eigenvalue weighted by Crippen LogP contribution is -2.40. The van der Waals surface area contributed by atoms with Crippen LogP contribution in [0.1, 0.15) is 43.0 Å². The van der Waals surface area contributed by atoms with E-state index in [0.29, 0.717) is 17.7 Å². The normalized spacial score (nSPS) is 12.9. The third-order valence-electron chi connectivity index (χ3n) is 5.58. The highest BCUT2D eigenvalue weighted by atomic mass is 35.5. The number of imide groups is 1. The number of rotatable bonds is 9. The fraction of sp³-hybridized carbons (Fsp3) is 0.286. The smallest absolute Gasteiger partial charge is 0.335 e. The molecule has 0 spiro atoms. The summed E-state index contributed by atoms with van der Waals surface area (Å²) in [6, 6.07) is 10.1. The van der Waals surface area contributed by atoms with E-state index in [1.54, 1.807) is 25.1 Å². The van der Waals surface area contributed by atoms with Gasteiger partial charge in [0.25, 0.3) is 11.8 Å². The fourth-order valence-corrected chi connectivity index (χ4v) is 4.92. The summed E-state index contributed by atoms with van der Waals surface area (Å²) < 4.78 is 25.3. The number of anilines is 1. The van der Waals surface area contributed by atoms with E-state index >= 15 is 4.39 Å². The molecular weight excluding hydrogens is 533 g/mol. The van der Waals surface area contributed by atoms with Crippen molar-refractivity contribution in [3.8, 4) is 12.3 Å². The molecule has 0 bridgehead atoms. The van der Waals surface area contributed by atoms with E-state index in [1.165, 1.54) is 18.2 Å². The minimum atomic E-state index is -0.930. The molecular formula is C28H25ClFNO6S. The Morgan fingerprint density at radius 2 is 1.74 bits per heavy atom. The minimum absolute atomic E-state index is 0.00413. The molecule has 0 radical (unpaired) electrons. The van der Waals surface area contributed by atoms with Crippen LogP contribution in [-0.2, 0) is 23.9 Å². The number of carbonyl (C=O) groups excluding carboxylic acids is 4. The van der Waals surface area contributed by atoms with E-state index in [0.717, 1.165) is 17.8 Å². The van der Waals surface area contributed by atoms with Gasteiger partial charge in [0.05, 0.1) is 23.1 Å². The van der Waals surface area contributed by atoms with Crippen molar-refractivity contribution in [3.05, 3.63) is 70.0 Å². The van der Waals surface area contributed by atoms with Crippen molar-refractivity contribution in [2.45, 2.75) is 37.5 Å². The summed E-state index contributed by atoms with van der Waals surface area (Å²) in [4.78, 5) is 53.0. The zero-order chi connectivity index (χ0) is 27.7. The van der Waals surface area contributed by atoms with Crippen LogP contribution in [0.4, 0.5) is 10.1 Å². The summed E-state index contributed by atoms with van der Waals surface area (Å²) in [5.74, 6) is -1.75. The standard InChI is InChI=1S/C28H25ClFNO6S/c1-3-14-37-28(35)20-13-9-8-12-19(20)27(34)31(26(33)18-10-6-5-7-11-18)23-16-24(21(29)15-22(23)30)38-17-25(32)36-4-2/h1,5-7,10-11,15-16H,4,8-9,12-14,17H2,2H3. The molecule has 2 aromatic carbocycles. The molecule has 38 heavy (non-hydrogen) atoms. The maximum atomic E-state index is 15.4. The summed E-state index contributed by atoms with van der Waals surface area (Å²) in [6.07, 6.45) is 6.85. The molecule has 0 atom stereocenters. The lowest BCUT2D eigenvalue weighted by Gasteiger charge is -2.26. The number of esters is 2. The molecule has 2 amide bonds. The van der Waals surface area contributed by atoms with Crippen molar-refractivity contribution >= 4 is 52.8 Å². The Morgan fingerprint density at radius 1 is 1.05 bits per heavy atom. The number of hydrogen-bond acceptors (Lipinski definition) is 7. The fourth-order valence-electron chi connectivity index (χ4n) is 3.86. The molecule has 0 heterocycles. The largest absolute Gasteiger partial charge is 0.465 e. The van der Waals surface area contributed by atoms with Gasteiger partial charge in [-0.3, -0.25) is 14.4 Å². The molecule has 0 saturated carbocycles. The Hall–Kier alpha value is -3.61. The van der Waals surface area contributed by atoms with Gasteiger partial charge in [-0.15, -0.1) is 18.2 Å². The molecule has 3 rings (SSSR count). The molecule has 2 aromatic rings. The second-order valence-electron chi connectivity index (χ2n) is 8.08.